The molecule has 26 heavy (non-hydrogen) atoms. The summed E-state index contributed by atoms with van der Waals surface area (Å²) in [4.78, 5) is 20.7. The molecular formula is C20H20FN3OS. The molecule has 0 saturated carbocycles. The Morgan fingerprint density at radius 1 is 1.04 bits per heavy atom. The number of halogens is 1. The third-order valence-electron chi connectivity index (χ3n) is 4.03. The van der Waals surface area contributed by atoms with Crippen molar-refractivity contribution in [1.82, 2.24) is 9.88 Å². The molecule has 0 aliphatic heterocycles. The highest BCUT2D eigenvalue weighted by Crippen LogP contribution is 2.24. The van der Waals surface area contributed by atoms with Gasteiger partial charge in [-0.2, -0.15) is 0 Å². The number of rotatable bonds is 5. The summed E-state index contributed by atoms with van der Waals surface area (Å²) in [5.41, 5.74) is 3.38. The topological polar surface area (TPSA) is 36.4 Å². The van der Waals surface area contributed by atoms with E-state index in [0.717, 1.165) is 16.8 Å². The molecule has 3 rings (SSSR count). The van der Waals surface area contributed by atoms with Gasteiger partial charge in [0.1, 0.15) is 16.5 Å². The fraction of sp³-hybridized carbons (Fsp3) is 0.200. The lowest BCUT2D eigenvalue weighted by Crippen LogP contribution is -2.26. The lowest BCUT2D eigenvalue weighted by Gasteiger charge is -2.17. The van der Waals surface area contributed by atoms with E-state index < -0.39 is 0 Å². The van der Waals surface area contributed by atoms with Crippen LogP contribution in [0.5, 0.6) is 0 Å². The second-order valence-corrected chi connectivity index (χ2v) is 7.12. The first-order valence-corrected chi connectivity index (χ1v) is 9.05. The number of thiazole rings is 1. The Kier molecular flexibility index (Phi) is 5.32. The molecule has 1 heterocycles. The maximum Gasteiger partial charge on any atom is 0.273 e. The fourth-order valence-corrected chi connectivity index (χ4v) is 3.34. The van der Waals surface area contributed by atoms with Gasteiger partial charge in [0.15, 0.2) is 0 Å². The maximum absolute atomic E-state index is 13.0. The van der Waals surface area contributed by atoms with Gasteiger partial charge in [0.05, 0.1) is 0 Å². The second kappa shape index (κ2) is 7.66. The lowest BCUT2D eigenvalue weighted by atomic mass is 10.2. The number of carbonyl (C=O) groups excluding carboxylic acids is 1. The van der Waals surface area contributed by atoms with E-state index in [2.05, 4.69) is 4.98 Å². The molecule has 0 aliphatic carbocycles. The van der Waals surface area contributed by atoms with Gasteiger partial charge in [-0.3, -0.25) is 4.79 Å². The average molecular weight is 369 g/mol. The van der Waals surface area contributed by atoms with Gasteiger partial charge in [-0.1, -0.05) is 12.1 Å². The molecule has 0 bridgehead atoms. The molecule has 134 valence electrons. The van der Waals surface area contributed by atoms with E-state index in [0.29, 0.717) is 17.2 Å². The molecule has 0 fully saturated rings. The Hall–Kier alpha value is -2.73. The molecule has 1 amide bonds. The van der Waals surface area contributed by atoms with Crippen LogP contribution in [0.4, 0.5) is 10.1 Å². The van der Waals surface area contributed by atoms with Crippen molar-refractivity contribution in [2.24, 2.45) is 0 Å². The van der Waals surface area contributed by atoms with Gasteiger partial charge in [0.25, 0.3) is 5.91 Å². The number of hydrogen-bond donors (Lipinski definition) is 0. The zero-order chi connectivity index (χ0) is 18.7. The summed E-state index contributed by atoms with van der Waals surface area (Å²) in [6, 6.07) is 14.2. The van der Waals surface area contributed by atoms with Crippen molar-refractivity contribution in [2.75, 3.05) is 26.0 Å². The summed E-state index contributed by atoms with van der Waals surface area (Å²) < 4.78 is 13.0. The zero-order valence-corrected chi connectivity index (χ0v) is 15.8. The molecule has 0 spiro atoms. The van der Waals surface area contributed by atoms with Crippen LogP contribution in [0, 0.1) is 5.82 Å². The largest absolute Gasteiger partial charge is 0.378 e. The SMILES string of the molecule is CN(Cc1ccc(N(C)C)cc1)C(=O)c1csc(-c2ccc(F)cc2)n1. The predicted molar refractivity (Wildman–Crippen MR) is 104 cm³/mol. The monoisotopic (exact) mass is 369 g/mol. The molecule has 0 saturated heterocycles. The van der Waals surface area contributed by atoms with Gasteiger partial charge in [-0.05, 0) is 42.0 Å². The highest BCUT2D eigenvalue weighted by Gasteiger charge is 2.16. The van der Waals surface area contributed by atoms with Gasteiger partial charge in [-0.25, -0.2) is 9.37 Å². The Labute approximate surface area is 156 Å². The molecule has 0 N–H and O–H groups in total. The summed E-state index contributed by atoms with van der Waals surface area (Å²) in [5, 5.41) is 2.45. The van der Waals surface area contributed by atoms with Crippen LogP contribution in [-0.4, -0.2) is 36.9 Å². The first-order valence-electron chi connectivity index (χ1n) is 8.17. The van der Waals surface area contributed by atoms with Crippen molar-refractivity contribution in [3.63, 3.8) is 0 Å². The molecule has 6 heteroatoms. The van der Waals surface area contributed by atoms with Crippen molar-refractivity contribution in [3.8, 4) is 10.6 Å². The molecule has 0 radical (unpaired) electrons. The van der Waals surface area contributed by atoms with Crippen LogP contribution in [-0.2, 0) is 6.54 Å². The smallest absolute Gasteiger partial charge is 0.273 e. The number of hydrogen-bond acceptors (Lipinski definition) is 4. The second-order valence-electron chi connectivity index (χ2n) is 6.27. The van der Waals surface area contributed by atoms with E-state index in [1.54, 1.807) is 29.5 Å². The number of benzene rings is 2. The highest BCUT2D eigenvalue weighted by molar-refractivity contribution is 7.13. The van der Waals surface area contributed by atoms with Crippen LogP contribution in [0.1, 0.15) is 16.1 Å². The number of carbonyl (C=O) groups is 1. The summed E-state index contributed by atoms with van der Waals surface area (Å²) in [5.74, 6) is -0.423. The van der Waals surface area contributed by atoms with E-state index in [-0.39, 0.29) is 11.7 Å². The van der Waals surface area contributed by atoms with Gasteiger partial charge in [-0.15, -0.1) is 11.3 Å². The summed E-state index contributed by atoms with van der Waals surface area (Å²) in [6.45, 7) is 0.510. The third-order valence-corrected chi connectivity index (χ3v) is 4.93. The Morgan fingerprint density at radius 2 is 1.69 bits per heavy atom. The molecule has 0 unspecified atom stereocenters. The lowest BCUT2D eigenvalue weighted by molar-refractivity contribution is 0.0780. The van der Waals surface area contributed by atoms with Crippen molar-refractivity contribution >= 4 is 22.9 Å². The summed E-state index contributed by atoms with van der Waals surface area (Å²) in [6.07, 6.45) is 0. The van der Waals surface area contributed by atoms with Crippen molar-refractivity contribution in [2.45, 2.75) is 6.54 Å². The Bertz CT molecular complexity index is 888. The summed E-state index contributed by atoms with van der Waals surface area (Å²) in [7, 11) is 5.75. The first-order chi connectivity index (χ1) is 12.4. The summed E-state index contributed by atoms with van der Waals surface area (Å²) >= 11 is 1.38. The van der Waals surface area contributed by atoms with Crippen LogP contribution in [0.3, 0.4) is 0 Å². The minimum atomic E-state index is -0.290. The van der Waals surface area contributed by atoms with Crippen molar-refractivity contribution < 1.29 is 9.18 Å². The Morgan fingerprint density at radius 3 is 2.31 bits per heavy atom. The van der Waals surface area contributed by atoms with Crippen LogP contribution >= 0.6 is 11.3 Å². The molecule has 0 atom stereocenters. The van der Waals surface area contributed by atoms with Gasteiger partial charge >= 0.3 is 0 Å². The van der Waals surface area contributed by atoms with Gasteiger partial charge in [0, 0.05) is 44.3 Å². The molecular weight excluding hydrogens is 349 g/mol. The average Bonchev–Trinajstić information content (AvgIpc) is 3.12. The minimum Gasteiger partial charge on any atom is -0.378 e. The number of nitrogens with zero attached hydrogens (tertiary/aromatic N) is 3. The van der Waals surface area contributed by atoms with E-state index in [1.165, 1.54) is 23.5 Å². The molecule has 3 aromatic rings. The highest BCUT2D eigenvalue weighted by atomic mass is 32.1. The zero-order valence-electron chi connectivity index (χ0n) is 14.9. The maximum atomic E-state index is 13.0. The fourth-order valence-electron chi connectivity index (χ4n) is 2.54. The van der Waals surface area contributed by atoms with Crippen LogP contribution < -0.4 is 4.90 Å². The Balaban J connectivity index is 1.69. The predicted octanol–water partition coefficient (Wildman–Crippen LogP) is 4.29. The van der Waals surface area contributed by atoms with E-state index in [1.807, 2.05) is 43.3 Å². The molecule has 2 aromatic carbocycles. The van der Waals surface area contributed by atoms with E-state index >= 15 is 0 Å². The minimum absolute atomic E-state index is 0.133. The molecule has 1 aromatic heterocycles. The van der Waals surface area contributed by atoms with E-state index in [4.69, 9.17) is 0 Å². The van der Waals surface area contributed by atoms with Crippen LogP contribution in [0.15, 0.2) is 53.9 Å². The number of amides is 1. The normalized spacial score (nSPS) is 10.6. The van der Waals surface area contributed by atoms with Gasteiger partial charge < -0.3 is 9.80 Å². The van der Waals surface area contributed by atoms with Gasteiger partial charge in [0.2, 0.25) is 0 Å². The third kappa shape index (κ3) is 4.08. The van der Waals surface area contributed by atoms with Crippen molar-refractivity contribution in [1.29, 1.82) is 0 Å². The number of aromatic nitrogens is 1. The van der Waals surface area contributed by atoms with Crippen LogP contribution in [0.2, 0.25) is 0 Å². The standard InChI is InChI=1S/C20H20FN3OS/c1-23(2)17-10-4-14(5-11-17)12-24(3)20(25)18-13-26-19(22-18)15-6-8-16(21)9-7-15/h4-11,13H,12H2,1-3H3. The van der Waals surface area contributed by atoms with E-state index in [9.17, 15) is 9.18 Å². The quantitative estimate of drug-likeness (QED) is 0.673. The number of anilines is 1. The van der Waals surface area contributed by atoms with Crippen molar-refractivity contribution in [3.05, 3.63) is 71.0 Å². The first kappa shape index (κ1) is 18.1. The molecule has 4 nitrogen and oxygen atoms in total. The van der Waals surface area contributed by atoms with Crippen LogP contribution in [0.25, 0.3) is 10.6 Å². The molecule has 0 aliphatic rings.